The first-order chi connectivity index (χ1) is 10.7. The first kappa shape index (κ1) is 14.2. The zero-order valence-electron chi connectivity index (χ0n) is 12.7. The Balaban J connectivity index is 2.11. The minimum Gasteiger partial charge on any atom is -0.457 e. The number of nitrogens with two attached hydrogens (primary N) is 1. The molecule has 22 heavy (non-hydrogen) atoms. The molecule has 0 aliphatic rings. The van der Waals surface area contributed by atoms with E-state index < -0.39 is 0 Å². The molecule has 0 aliphatic carbocycles. The molecule has 2 nitrogen and oxygen atoms in total. The van der Waals surface area contributed by atoms with Crippen molar-refractivity contribution < 1.29 is 4.42 Å². The molecular weight excluding hydrogens is 270 g/mol. The Labute approximate surface area is 129 Å². The number of hydrogen-bond acceptors (Lipinski definition) is 2. The van der Waals surface area contributed by atoms with Gasteiger partial charge in [-0.2, -0.15) is 0 Å². The third kappa shape index (κ3) is 2.82. The first-order valence-corrected chi connectivity index (χ1v) is 7.35. The monoisotopic (exact) mass is 289 g/mol. The first-order valence-electron chi connectivity index (χ1n) is 7.35. The fourth-order valence-electron chi connectivity index (χ4n) is 2.56. The number of furan rings is 1. The Kier molecular flexibility index (Phi) is 3.84. The molecule has 3 rings (SSSR count). The van der Waals surface area contributed by atoms with Gasteiger partial charge in [0.25, 0.3) is 0 Å². The van der Waals surface area contributed by atoms with Gasteiger partial charge in [-0.05, 0) is 42.7 Å². The summed E-state index contributed by atoms with van der Waals surface area (Å²) in [6.07, 6.45) is 4.68. The smallest absolute Gasteiger partial charge is 0.135 e. The average molecular weight is 289 g/mol. The van der Waals surface area contributed by atoms with Crippen LogP contribution in [-0.2, 0) is 6.42 Å². The van der Waals surface area contributed by atoms with Crippen molar-refractivity contribution in [2.24, 2.45) is 5.73 Å². The fraction of sp³-hybridized carbons (Fsp3) is 0.100. The minimum atomic E-state index is 0.650. The van der Waals surface area contributed by atoms with Crippen LogP contribution in [0.4, 0.5) is 0 Å². The maximum absolute atomic E-state index is 5.92. The molecule has 1 aromatic heterocycles. The van der Waals surface area contributed by atoms with Gasteiger partial charge in [-0.15, -0.1) is 0 Å². The fourth-order valence-corrected chi connectivity index (χ4v) is 2.56. The van der Waals surface area contributed by atoms with Crippen LogP contribution in [0.5, 0.6) is 0 Å². The van der Waals surface area contributed by atoms with E-state index >= 15 is 0 Å². The van der Waals surface area contributed by atoms with Crippen LogP contribution in [0, 0.1) is 0 Å². The molecule has 2 aromatic carbocycles. The minimum absolute atomic E-state index is 0.650. The van der Waals surface area contributed by atoms with Crippen LogP contribution in [0.25, 0.3) is 23.6 Å². The van der Waals surface area contributed by atoms with Crippen molar-refractivity contribution in [3.63, 3.8) is 0 Å². The Morgan fingerprint density at radius 3 is 2.64 bits per heavy atom. The van der Waals surface area contributed by atoms with Crippen molar-refractivity contribution >= 4 is 23.6 Å². The third-order valence-corrected chi connectivity index (χ3v) is 3.76. The maximum atomic E-state index is 5.92. The Bertz CT molecular complexity index is 933. The van der Waals surface area contributed by atoms with Crippen LogP contribution in [0.15, 0.2) is 64.7 Å². The molecule has 2 heteroatoms. The summed E-state index contributed by atoms with van der Waals surface area (Å²) in [6.45, 7) is 5.89. The molecule has 0 fully saturated rings. The van der Waals surface area contributed by atoms with Gasteiger partial charge in [-0.25, -0.2) is 0 Å². The van der Waals surface area contributed by atoms with Crippen molar-refractivity contribution in [3.05, 3.63) is 82.1 Å². The number of fused-ring (bicyclic) bond motifs is 1. The Morgan fingerprint density at radius 1 is 1.14 bits per heavy atom. The summed E-state index contributed by atoms with van der Waals surface area (Å²) < 4.78 is 5.72. The molecular formula is C20H19NO. The van der Waals surface area contributed by atoms with E-state index in [4.69, 9.17) is 10.2 Å². The molecule has 0 spiro atoms. The van der Waals surface area contributed by atoms with Gasteiger partial charge >= 0.3 is 0 Å². The summed E-state index contributed by atoms with van der Waals surface area (Å²) in [6, 6.07) is 16.7. The van der Waals surface area contributed by atoms with Crippen molar-refractivity contribution in [1.82, 2.24) is 0 Å². The van der Waals surface area contributed by atoms with E-state index in [0.717, 1.165) is 22.6 Å². The molecule has 0 saturated heterocycles. The maximum Gasteiger partial charge on any atom is 0.135 e. The normalized spacial score (nSPS) is 13.0. The number of benzene rings is 2. The average Bonchev–Trinajstić information content (AvgIpc) is 2.84. The van der Waals surface area contributed by atoms with Crippen LogP contribution >= 0.6 is 0 Å². The van der Waals surface area contributed by atoms with Crippen LogP contribution in [0.3, 0.4) is 0 Å². The Morgan fingerprint density at radius 2 is 1.91 bits per heavy atom. The summed E-state index contributed by atoms with van der Waals surface area (Å²) >= 11 is 0. The van der Waals surface area contributed by atoms with Gasteiger partial charge < -0.3 is 10.2 Å². The van der Waals surface area contributed by atoms with Crippen molar-refractivity contribution in [2.45, 2.75) is 13.3 Å². The molecule has 0 aliphatic heterocycles. The highest BCUT2D eigenvalue weighted by Crippen LogP contribution is 2.15. The second-order valence-electron chi connectivity index (χ2n) is 5.36. The van der Waals surface area contributed by atoms with Gasteiger partial charge in [0.05, 0.1) is 0 Å². The number of allylic oxidation sites excluding steroid dienone is 2. The summed E-state index contributed by atoms with van der Waals surface area (Å²) in [5.74, 6) is 0. The molecule has 0 amide bonds. The third-order valence-electron chi connectivity index (χ3n) is 3.76. The quantitative estimate of drug-likeness (QED) is 0.805. The van der Waals surface area contributed by atoms with Gasteiger partial charge in [0, 0.05) is 16.3 Å². The van der Waals surface area contributed by atoms with Gasteiger partial charge in [0.2, 0.25) is 0 Å². The zero-order chi connectivity index (χ0) is 15.5. The molecule has 0 saturated carbocycles. The molecule has 0 atom stereocenters. The van der Waals surface area contributed by atoms with Gasteiger partial charge in [0.15, 0.2) is 0 Å². The number of rotatable bonds is 3. The van der Waals surface area contributed by atoms with E-state index in [0.29, 0.717) is 11.1 Å². The van der Waals surface area contributed by atoms with Crippen molar-refractivity contribution in [2.75, 3.05) is 0 Å². The van der Waals surface area contributed by atoms with Crippen LogP contribution < -0.4 is 16.4 Å². The van der Waals surface area contributed by atoms with Crippen LogP contribution in [0.1, 0.15) is 18.1 Å². The lowest BCUT2D eigenvalue weighted by molar-refractivity contribution is 0.577. The summed E-state index contributed by atoms with van der Waals surface area (Å²) in [4.78, 5) is 0. The molecule has 0 unspecified atom stereocenters. The largest absolute Gasteiger partial charge is 0.457 e. The summed E-state index contributed by atoms with van der Waals surface area (Å²) in [5, 5.41) is 2.02. The second kappa shape index (κ2) is 5.94. The van der Waals surface area contributed by atoms with Gasteiger partial charge in [-0.3, -0.25) is 0 Å². The highest BCUT2D eigenvalue weighted by Gasteiger charge is 2.04. The van der Waals surface area contributed by atoms with Crippen molar-refractivity contribution in [1.29, 1.82) is 0 Å². The van der Waals surface area contributed by atoms with Gasteiger partial charge in [0.1, 0.15) is 11.0 Å². The van der Waals surface area contributed by atoms with Crippen molar-refractivity contribution in [3.8, 4) is 0 Å². The molecule has 0 radical (unpaired) electrons. The topological polar surface area (TPSA) is 39.2 Å². The lowest BCUT2D eigenvalue weighted by Gasteiger charge is -2.01. The lowest BCUT2D eigenvalue weighted by atomic mass is 10.0. The molecule has 2 N–H and O–H groups in total. The predicted molar refractivity (Wildman–Crippen MR) is 92.6 cm³/mol. The van der Waals surface area contributed by atoms with E-state index in [9.17, 15) is 0 Å². The lowest BCUT2D eigenvalue weighted by Crippen LogP contribution is -2.19. The summed E-state index contributed by atoms with van der Waals surface area (Å²) in [5.41, 5.74) is 10.7. The number of hydrogen-bond donors (Lipinski definition) is 1. The predicted octanol–water partition coefficient (Wildman–Crippen LogP) is 3.08. The zero-order valence-corrected chi connectivity index (χ0v) is 12.7. The van der Waals surface area contributed by atoms with E-state index in [1.807, 2.05) is 31.2 Å². The van der Waals surface area contributed by atoms with E-state index in [1.54, 1.807) is 0 Å². The molecule has 110 valence electrons. The van der Waals surface area contributed by atoms with E-state index in [-0.39, 0.29) is 0 Å². The summed E-state index contributed by atoms with van der Waals surface area (Å²) in [7, 11) is 0. The molecule has 3 aromatic rings. The Hall–Kier alpha value is -2.74. The SMILES string of the molecule is C=c1oc2ccc(Cc3ccccc3)cc2/c1=C/C(N)=C\C. The standard InChI is InChI=1S/C20H19NO/c1-3-17(21)13-18-14(2)22-20-10-9-16(12-19(18)20)11-15-7-5-4-6-8-15/h3-10,12-13H,2,11,21H2,1H3/b17-3+,18-13+. The highest BCUT2D eigenvalue weighted by atomic mass is 16.3. The molecule has 0 bridgehead atoms. The van der Waals surface area contributed by atoms with E-state index in [2.05, 4.69) is 43.0 Å². The van der Waals surface area contributed by atoms with Crippen LogP contribution in [0.2, 0.25) is 0 Å². The van der Waals surface area contributed by atoms with Gasteiger partial charge in [-0.1, -0.05) is 49.1 Å². The van der Waals surface area contributed by atoms with E-state index in [1.165, 1.54) is 11.1 Å². The highest BCUT2D eigenvalue weighted by molar-refractivity contribution is 5.80. The molecule has 1 heterocycles. The van der Waals surface area contributed by atoms with Crippen LogP contribution in [-0.4, -0.2) is 0 Å². The second-order valence-corrected chi connectivity index (χ2v) is 5.36.